The lowest BCUT2D eigenvalue weighted by Crippen LogP contribution is -2.56. The van der Waals surface area contributed by atoms with E-state index in [0.29, 0.717) is 19.1 Å². The lowest BCUT2D eigenvalue weighted by molar-refractivity contribution is 0.0851. The molecule has 3 rings (SSSR count). The Balaban J connectivity index is 1.78. The van der Waals surface area contributed by atoms with Gasteiger partial charge in [0.05, 0.1) is 12.4 Å². The molecule has 0 radical (unpaired) electrons. The van der Waals surface area contributed by atoms with E-state index < -0.39 is 10.0 Å². The van der Waals surface area contributed by atoms with E-state index in [2.05, 4.69) is 20.3 Å². The predicted molar refractivity (Wildman–Crippen MR) is 77.8 cm³/mol. The van der Waals surface area contributed by atoms with Crippen LogP contribution in [0.3, 0.4) is 0 Å². The van der Waals surface area contributed by atoms with E-state index in [1.807, 2.05) is 0 Å². The first kappa shape index (κ1) is 14.6. The second-order valence-electron chi connectivity index (χ2n) is 5.44. The number of sulfonamides is 1. The zero-order chi connectivity index (χ0) is 14.9. The Labute approximate surface area is 124 Å². The molecule has 0 spiro atoms. The van der Waals surface area contributed by atoms with Gasteiger partial charge in [-0.2, -0.15) is 4.31 Å². The number of hydrogen-bond donors (Lipinski definition) is 2. The van der Waals surface area contributed by atoms with Crippen LogP contribution in [0.5, 0.6) is 0 Å². The van der Waals surface area contributed by atoms with Gasteiger partial charge < -0.3 is 0 Å². The zero-order valence-corrected chi connectivity index (χ0v) is 12.6. The van der Waals surface area contributed by atoms with Crippen LogP contribution in [-0.2, 0) is 10.0 Å². The fourth-order valence-corrected chi connectivity index (χ4v) is 4.38. The SMILES string of the molecule is NNc1ncc(S(=O)(=O)N2CCN3CCCCC3C2)cn1. The molecular weight excluding hydrogens is 292 g/mol. The van der Waals surface area contributed by atoms with E-state index in [4.69, 9.17) is 5.84 Å². The highest BCUT2D eigenvalue weighted by Crippen LogP contribution is 2.24. The summed E-state index contributed by atoms with van der Waals surface area (Å²) in [5.74, 6) is 5.38. The molecule has 2 fully saturated rings. The van der Waals surface area contributed by atoms with Crippen LogP contribution in [0.25, 0.3) is 0 Å². The van der Waals surface area contributed by atoms with Crippen molar-refractivity contribution in [3.8, 4) is 0 Å². The quantitative estimate of drug-likeness (QED) is 0.579. The molecule has 1 unspecified atom stereocenters. The maximum Gasteiger partial charge on any atom is 0.246 e. The van der Waals surface area contributed by atoms with Gasteiger partial charge >= 0.3 is 0 Å². The van der Waals surface area contributed by atoms with E-state index in [1.165, 1.54) is 25.2 Å². The third-order valence-corrected chi connectivity index (χ3v) is 6.01. The van der Waals surface area contributed by atoms with Gasteiger partial charge in [0.2, 0.25) is 16.0 Å². The zero-order valence-electron chi connectivity index (χ0n) is 11.8. The number of piperazine rings is 1. The minimum absolute atomic E-state index is 0.116. The summed E-state index contributed by atoms with van der Waals surface area (Å²) in [4.78, 5) is 10.3. The van der Waals surface area contributed by atoms with E-state index in [-0.39, 0.29) is 10.8 Å². The first-order valence-corrected chi connectivity index (χ1v) is 8.58. The van der Waals surface area contributed by atoms with Crippen LogP contribution in [0.2, 0.25) is 0 Å². The number of piperidine rings is 1. The summed E-state index contributed by atoms with van der Waals surface area (Å²) in [6, 6.07) is 0.341. The molecule has 0 amide bonds. The van der Waals surface area contributed by atoms with Crippen LogP contribution >= 0.6 is 0 Å². The van der Waals surface area contributed by atoms with Gasteiger partial charge in [-0.3, -0.25) is 10.3 Å². The van der Waals surface area contributed by atoms with Gasteiger partial charge in [-0.1, -0.05) is 6.42 Å². The molecule has 0 bridgehead atoms. The van der Waals surface area contributed by atoms with Gasteiger partial charge in [0.25, 0.3) is 0 Å². The molecule has 1 aromatic rings. The number of anilines is 1. The summed E-state index contributed by atoms with van der Waals surface area (Å²) in [7, 11) is -3.52. The van der Waals surface area contributed by atoms with Gasteiger partial charge in [-0.05, 0) is 19.4 Å². The highest BCUT2D eigenvalue weighted by atomic mass is 32.2. The molecular formula is C12H20N6O2S. The van der Waals surface area contributed by atoms with E-state index in [1.54, 1.807) is 4.31 Å². The minimum Gasteiger partial charge on any atom is -0.298 e. The maximum absolute atomic E-state index is 12.6. The fourth-order valence-electron chi connectivity index (χ4n) is 3.02. The monoisotopic (exact) mass is 312 g/mol. The van der Waals surface area contributed by atoms with Crippen molar-refractivity contribution in [3.63, 3.8) is 0 Å². The second kappa shape index (κ2) is 5.84. The van der Waals surface area contributed by atoms with E-state index in [9.17, 15) is 8.42 Å². The lowest BCUT2D eigenvalue weighted by atomic mass is 10.0. The smallest absolute Gasteiger partial charge is 0.246 e. The van der Waals surface area contributed by atoms with Gasteiger partial charge in [0.1, 0.15) is 4.90 Å². The Kier molecular flexibility index (Phi) is 4.07. The Hall–Kier alpha value is -1.29. The molecule has 1 atom stereocenters. The molecule has 3 heterocycles. The number of aromatic nitrogens is 2. The maximum atomic E-state index is 12.6. The van der Waals surface area contributed by atoms with Gasteiger partial charge in [0, 0.05) is 25.7 Å². The molecule has 0 aliphatic carbocycles. The molecule has 0 saturated carbocycles. The molecule has 0 aromatic carbocycles. The molecule has 116 valence electrons. The number of nitrogens with zero attached hydrogens (tertiary/aromatic N) is 4. The lowest BCUT2D eigenvalue weighted by Gasteiger charge is -2.43. The first-order valence-electron chi connectivity index (χ1n) is 7.14. The van der Waals surface area contributed by atoms with E-state index >= 15 is 0 Å². The molecule has 8 nitrogen and oxygen atoms in total. The van der Waals surface area contributed by atoms with E-state index in [0.717, 1.165) is 19.5 Å². The molecule has 2 aliphatic rings. The van der Waals surface area contributed by atoms with Crippen molar-refractivity contribution in [1.29, 1.82) is 0 Å². The Bertz CT molecular complexity index is 590. The summed E-state index contributed by atoms with van der Waals surface area (Å²) in [5.41, 5.74) is 2.29. The van der Waals surface area contributed by atoms with Gasteiger partial charge in [-0.25, -0.2) is 24.2 Å². The van der Waals surface area contributed by atoms with Crippen LogP contribution in [0.1, 0.15) is 19.3 Å². The van der Waals surface area contributed by atoms with Crippen molar-refractivity contribution in [1.82, 2.24) is 19.2 Å². The standard InChI is InChI=1S/C12H20N6O2S/c13-16-12-14-7-11(8-15-12)21(19,20)18-6-5-17-4-2-1-3-10(17)9-18/h7-8,10H,1-6,9,13H2,(H,14,15,16). The normalized spacial score (nSPS) is 24.5. The van der Waals surface area contributed by atoms with Crippen molar-refractivity contribution in [2.75, 3.05) is 31.6 Å². The van der Waals surface area contributed by atoms with Gasteiger partial charge in [-0.15, -0.1) is 0 Å². The van der Waals surface area contributed by atoms with Crippen molar-refractivity contribution >= 4 is 16.0 Å². The van der Waals surface area contributed by atoms with Crippen molar-refractivity contribution < 1.29 is 8.42 Å². The molecule has 2 aliphatic heterocycles. The Morgan fingerprint density at radius 2 is 1.95 bits per heavy atom. The average Bonchev–Trinajstić information content (AvgIpc) is 2.54. The summed E-state index contributed by atoms with van der Waals surface area (Å²) >= 11 is 0. The summed E-state index contributed by atoms with van der Waals surface area (Å²) in [5, 5.41) is 0. The fraction of sp³-hybridized carbons (Fsp3) is 0.667. The van der Waals surface area contributed by atoms with Crippen molar-refractivity contribution in [3.05, 3.63) is 12.4 Å². The number of fused-ring (bicyclic) bond motifs is 1. The Morgan fingerprint density at radius 3 is 2.67 bits per heavy atom. The largest absolute Gasteiger partial charge is 0.298 e. The van der Waals surface area contributed by atoms with Crippen LogP contribution in [-0.4, -0.2) is 59.8 Å². The van der Waals surface area contributed by atoms with Crippen LogP contribution in [0.15, 0.2) is 17.3 Å². The summed E-state index contributed by atoms with van der Waals surface area (Å²) in [6.45, 7) is 2.96. The summed E-state index contributed by atoms with van der Waals surface area (Å²) < 4.78 is 26.8. The molecule has 21 heavy (non-hydrogen) atoms. The number of nitrogens with two attached hydrogens (primary N) is 1. The average molecular weight is 312 g/mol. The number of hydrogen-bond acceptors (Lipinski definition) is 7. The molecule has 3 N–H and O–H groups in total. The van der Waals surface area contributed by atoms with Crippen LogP contribution in [0.4, 0.5) is 5.95 Å². The van der Waals surface area contributed by atoms with Crippen molar-refractivity contribution in [2.24, 2.45) is 5.84 Å². The molecule has 9 heteroatoms. The Morgan fingerprint density at radius 1 is 1.19 bits per heavy atom. The molecule has 1 aromatic heterocycles. The number of hydrazine groups is 1. The second-order valence-corrected chi connectivity index (χ2v) is 7.37. The minimum atomic E-state index is -3.52. The van der Waals surface area contributed by atoms with Gasteiger partial charge in [0.15, 0.2) is 0 Å². The predicted octanol–water partition coefficient (Wildman–Crippen LogP) is -0.379. The third-order valence-electron chi connectivity index (χ3n) is 4.20. The topological polar surface area (TPSA) is 104 Å². The number of nitrogen functional groups attached to an aromatic ring is 1. The first-order chi connectivity index (χ1) is 10.1. The third kappa shape index (κ3) is 2.86. The summed E-state index contributed by atoms with van der Waals surface area (Å²) in [6.07, 6.45) is 6.05. The van der Waals surface area contributed by atoms with Crippen LogP contribution in [0, 0.1) is 0 Å². The molecule has 2 saturated heterocycles. The number of nitrogens with one attached hydrogen (secondary N) is 1. The highest BCUT2D eigenvalue weighted by Gasteiger charge is 2.35. The highest BCUT2D eigenvalue weighted by molar-refractivity contribution is 7.89. The van der Waals surface area contributed by atoms with Crippen molar-refractivity contribution in [2.45, 2.75) is 30.2 Å². The number of rotatable bonds is 3. The van der Waals surface area contributed by atoms with Crippen LogP contribution < -0.4 is 11.3 Å².